The number of rotatable bonds is 3. The predicted molar refractivity (Wildman–Crippen MR) is 61.4 cm³/mol. The highest BCUT2D eigenvalue weighted by Gasteiger charge is 2.38. The summed E-state index contributed by atoms with van der Waals surface area (Å²) in [6.45, 7) is 7.11. The maximum Gasteiger partial charge on any atom is 0.00978 e. The van der Waals surface area contributed by atoms with Crippen molar-refractivity contribution in [1.29, 1.82) is 0 Å². The van der Waals surface area contributed by atoms with Crippen molar-refractivity contribution in [2.75, 3.05) is 0 Å². The maximum atomic E-state index is 3.87. The van der Waals surface area contributed by atoms with Gasteiger partial charge in [0.15, 0.2) is 0 Å². The van der Waals surface area contributed by atoms with Crippen molar-refractivity contribution in [3.8, 4) is 0 Å². The summed E-state index contributed by atoms with van der Waals surface area (Å²) in [4.78, 5) is 0. The summed E-state index contributed by atoms with van der Waals surface area (Å²) in [6.07, 6.45) is 8.49. The van der Waals surface area contributed by atoms with E-state index in [1.54, 1.807) is 0 Å². The molecular weight excluding hydrogens is 170 g/mol. The summed E-state index contributed by atoms with van der Waals surface area (Å²) in [5.41, 5.74) is 0.623. The Morgan fingerprint density at radius 1 is 1.21 bits per heavy atom. The summed E-state index contributed by atoms with van der Waals surface area (Å²) >= 11 is 0. The summed E-state index contributed by atoms with van der Waals surface area (Å²) in [6, 6.07) is 1.68. The van der Waals surface area contributed by atoms with Crippen molar-refractivity contribution in [2.24, 2.45) is 11.3 Å². The van der Waals surface area contributed by atoms with Gasteiger partial charge in [-0.1, -0.05) is 33.6 Å². The molecule has 0 amide bonds. The molecule has 2 unspecified atom stereocenters. The van der Waals surface area contributed by atoms with Gasteiger partial charge in [0.25, 0.3) is 0 Å². The largest absolute Gasteiger partial charge is 0.311 e. The summed E-state index contributed by atoms with van der Waals surface area (Å²) in [5, 5.41) is 3.87. The van der Waals surface area contributed by atoms with Crippen LogP contribution in [0.5, 0.6) is 0 Å². The molecule has 0 aromatic carbocycles. The van der Waals surface area contributed by atoms with Crippen LogP contribution in [-0.2, 0) is 0 Å². The van der Waals surface area contributed by atoms with Gasteiger partial charge in [-0.3, -0.25) is 0 Å². The van der Waals surface area contributed by atoms with E-state index >= 15 is 0 Å². The monoisotopic (exact) mass is 195 g/mol. The zero-order chi connectivity index (χ0) is 10.2. The van der Waals surface area contributed by atoms with Crippen molar-refractivity contribution in [2.45, 2.75) is 71.4 Å². The topological polar surface area (TPSA) is 12.0 Å². The van der Waals surface area contributed by atoms with Crippen molar-refractivity contribution < 1.29 is 0 Å². The molecule has 0 aliphatic heterocycles. The average Bonchev–Trinajstić information content (AvgIpc) is 2.48. The second-order valence-electron chi connectivity index (χ2n) is 6.14. The first-order valence-electron chi connectivity index (χ1n) is 6.37. The normalized spacial score (nSPS) is 37.1. The SMILES string of the molecule is CCC1CCCC1NC1CC(C)(C)C1. The van der Waals surface area contributed by atoms with E-state index in [-0.39, 0.29) is 0 Å². The van der Waals surface area contributed by atoms with E-state index in [1.165, 1.54) is 38.5 Å². The van der Waals surface area contributed by atoms with E-state index in [9.17, 15) is 0 Å². The van der Waals surface area contributed by atoms with E-state index in [0.717, 1.165) is 18.0 Å². The molecule has 2 atom stereocenters. The Morgan fingerprint density at radius 2 is 1.93 bits per heavy atom. The van der Waals surface area contributed by atoms with E-state index in [1.807, 2.05) is 0 Å². The van der Waals surface area contributed by atoms with E-state index < -0.39 is 0 Å². The molecule has 0 aromatic rings. The van der Waals surface area contributed by atoms with Crippen LogP contribution in [0, 0.1) is 11.3 Å². The van der Waals surface area contributed by atoms with Gasteiger partial charge in [0, 0.05) is 12.1 Å². The number of hydrogen-bond acceptors (Lipinski definition) is 1. The first kappa shape index (κ1) is 10.5. The Hall–Kier alpha value is -0.0400. The molecule has 0 heterocycles. The Labute approximate surface area is 88.7 Å². The minimum atomic E-state index is 0.623. The van der Waals surface area contributed by atoms with E-state index in [0.29, 0.717) is 5.41 Å². The molecule has 14 heavy (non-hydrogen) atoms. The van der Waals surface area contributed by atoms with Crippen LogP contribution in [0.2, 0.25) is 0 Å². The summed E-state index contributed by atoms with van der Waals surface area (Å²) in [5.74, 6) is 0.971. The Morgan fingerprint density at radius 3 is 2.50 bits per heavy atom. The van der Waals surface area contributed by atoms with Crippen LogP contribution in [0.15, 0.2) is 0 Å². The second kappa shape index (κ2) is 3.84. The Balaban J connectivity index is 1.76. The lowest BCUT2D eigenvalue weighted by Crippen LogP contribution is -2.50. The fraction of sp³-hybridized carbons (Fsp3) is 1.00. The van der Waals surface area contributed by atoms with Gasteiger partial charge in [0.2, 0.25) is 0 Å². The summed E-state index contributed by atoms with van der Waals surface area (Å²) < 4.78 is 0. The predicted octanol–water partition coefficient (Wildman–Crippen LogP) is 3.34. The molecule has 0 radical (unpaired) electrons. The van der Waals surface area contributed by atoms with Gasteiger partial charge < -0.3 is 5.32 Å². The third-order valence-corrected chi connectivity index (χ3v) is 4.23. The lowest BCUT2D eigenvalue weighted by Gasteiger charge is -2.45. The third-order valence-electron chi connectivity index (χ3n) is 4.23. The van der Waals surface area contributed by atoms with Gasteiger partial charge >= 0.3 is 0 Å². The fourth-order valence-electron chi connectivity index (χ4n) is 3.44. The number of hydrogen-bond donors (Lipinski definition) is 1. The first-order chi connectivity index (χ1) is 6.61. The zero-order valence-electron chi connectivity index (χ0n) is 9.97. The molecule has 1 heteroatoms. The quantitative estimate of drug-likeness (QED) is 0.728. The van der Waals surface area contributed by atoms with Crippen LogP contribution in [0.25, 0.3) is 0 Å². The van der Waals surface area contributed by atoms with Gasteiger partial charge in [-0.05, 0) is 37.0 Å². The molecule has 0 aromatic heterocycles. The molecule has 82 valence electrons. The average molecular weight is 195 g/mol. The van der Waals surface area contributed by atoms with Crippen LogP contribution >= 0.6 is 0 Å². The van der Waals surface area contributed by atoms with Gasteiger partial charge in [-0.25, -0.2) is 0 Å². The van der Waals surface area contributed by atoms with E-state index in [4.69, 9.17) is 0 Å². The van der Waals surface area contributed by atoms with Gasteiger partial charge in [0.05, 0.1) is 0 Å². The molecule has 0 spiro atoms. The molecule has 0 saturated heterocycles. The first-order valence-corrected chi connectivity index (χ1v) is 6.37. The highest BCUT2D eigenvalue weighted by molar-refractivity contribution is 4.95. The second-order valence-corrected chi connectivity index (χ2v) is 6.14. The van der Waals surface area contributed by atoms with E-state index in [2.05, 4.69) is 26.1 Å². The smallest absolute Gasteiger partial charge is 0.00978 e. The maximum absolute atomic E-state index is 3.87. The third kappa shape index (κ3) is 2.13. The zero-order valence-corrected chi connectivity index (χ0v) is 9.97. The highest BCUT2D eigenvalue weighted by Crippen LogP contribution is 2.41. The molecule has 2 aliphatic carbocycles. The van der Waals surface area contributed by atoms with Crippen molar-refractivity contribution in [3.63, 3.8) is 0 Å². The minimum Gasteiger partial charge on any atom is -0.311 e. The Kier molecular flexibility index (Phi) is 2.88. The van der Waals surface area contributed by atoms with Gasteiger partial charge in [-0.2, -0.15) is 0 Å². The van der Waals surface area contributed by atoms with Gasteiger partial charge in [-0.15, -0.1) is 0 Å². The fourth-order valence-corrected chi connectivity index (χ4v) is 3.44. The van der Waals surface area contributed by atoms with Crippen LogP contribution in [-0.4, -0.2) is 12.1 Å². The molecular formula is C13H25N. The van der Waals surface area contributed by atoms with Crippen LogP contribution in [0.4, 0.5) is 0 Å². The van der Waals surface area contributed by atoms with Crippen molar-refractivity contribution in [1.82, 2.24) is 5.32 Å². The summed E-state index contributed by atoms with van der Waals surface area (Å²) in [7, 11) is 0. The van der Waals surface area contributed by atoms with Crippen molar-refractivity contribution >= 4 is 0 Å². The molecule has 2 rings (SSSR count). The van der Waals surface area contributed by atoms with Crippen LogP contribution in [0.1, 0.15) is 59.3 Å². The van der Waals surface area contributed by atoms with Gasteiger partial charge in [0.1, 0.15) is 0 Å². The molecule has 0 bridgehead atoms. The standard InChI is InChI=1S/C13H25N/c1-4-10-6-5-7-12(10)14-11-8-13(2,3)9-11/h10-12,14H,4-9H2,1-3H3. The lowest BCUT2D eigenvalue weighted by atomic mass is 9.68. The lowest BCUT2D eigenvalue weighted by molar-refractivity contribution is 0.110. The van der Waals surface area contributed by atoms with Crippen LogP contribution in [0.3, 0.4) is 0 Å². The highest BCUT2D eigenvalue weighted by atomic mass is 15.0. The molecule has 1 N–H and O–H groups in total. The molecule has 2 aliphatic rings. The Bertz CT molecular complexity index is 189. The molecule has 1 nitrogen and oxygen atoms in total. The molecule has 2 saturated carbocycles. The minimum absolute atomic E-state index is 0.623. The van der Waals surface area contributed by atoms with Crippen LogP contribution < -0.4 is 5.32 Å². The molecule has 2 fully saturated rings. The number of nitrogens with one attached hydrogen (secondary N) is 1. The van der Waals surface area contributed by atoms with Crippen molar-refractivity contribution in [3.05, 3.63) is 0 Å².